The number of ketones is 1. The van der Waals surface area contributed by atoms with Crippen LogP contribution >= 0.6 is 11.6 Å². The number of H-pyrrole nitrogens is 1. The summed E-state index contributed by atoms with van der Waals surface area (Å²) in [5, 5.41) is 1.88. The summed E-state index contributed by atoms with van der Waals surface area (Å²) in [7, 11) is 0. The fourth-order valence-electron chi connectivity index (χ4n) is 3.14. The summed E-state index contributed by atoms with van der Waals surface area (Å²) >= 11 is 6.18. The van der Waals surface area contributed by atoms with Gasteiger partial charge in [-0.3, -0.25) is 4.79 Å². The van der Waals surface area contributed by atoms with Crippen LogP contribution in [0.25, 0.3) is 10.9 Å². The van der Waals surface area contributed by atoms with Crippen molar-refractivity contribution in [2.45, 2.75) is 39.0 Å². The van der Waals surface area contributed by atoms with Crippen LogP contribution < -0.4 is 0 Å². The first-order valence-electron chi connectivity index (χ1n) is 8.56. The molecule has 0 amide bonds. The molecule has 2 nitrogen and oxygen atoms in total. The maximum Gasteiger partial charge on any atom is 0.163 e. The Morgan fingerprint density at radius 1 is 1.08 bits per heavy atom. The van der Waals surface area contributed by atoms with Crippen LogP contribution in [0.4, 0.5) is 0 Å². The number of unbranched alkanes of at least 4 members (excludes halogenated alkanes) is 1. The van der Waals surface area contributed by atoms with E-state index in [0.717, 1.165) is 47.2 Å². The number of carbonyl (C=O) groups excluding carboxylic acids is 1. The number of benzene rings is 2. The van der Waals surface area contributed by atoms with E-state index in [1.807, 2.05) is 48.5 Å². The highest BCUT2D eigenvalue weighted by Gasteiger charge is 2.14. The van der Waals surface area contributed by atoms with E-state index in [1.165, 1.54) is 11.3 Å². The molecule has 0 aliphatic carbocycles. The van der Waals surface area contributed by atoms with Crippen LogP contribution in [0.3, 0.4) is 0 Å². The van der Waals surface area contributed by atoms with Gasteiger partial charge in [0.25, 0.3) is 0 Å². The van der Waals surface area contributed by atoms with Crippen molar-refractivity contribution < 1.29 is 4.79 Å². The minimum atomic E-state index is 0.188. The van der Waals surface area contributed by atoms with Crippen molar-refractivity contribution in [3.63, 3.8) is 0 Å². The lowest BCUT2D eigenvalue weighted by molar-refractivity contribution is 0.0983. The van der Waals surface area contributed by atoms with Crippen LogP contribution in [0.15, 0.2) is 48.5 Å². The van der Waals surface area contributed by atoms with Crippen molar-refractivity contribution in [1.29, 1.82) is 0 Å². The predicted octanol–water partition coefficient (Wildman–Crippen LogP) is 5.98. The maximum atomic E-state index is 12.4. The maximum absolute atomic E-state index is 12.4. The van der Waals surface area contributed by atoms with Crippen molar-refractivity contribution in [3.05, 3.63) is 70.4 Å². The van der Waals surface area contributed by atoms with Crippen molar-refractivity contribution in [2.24, 2.45) is 0 Å². The molecule has 0 aliphatic rings. The van der Waals surface area contributed by atoms with Crippen LogP contribution in [-0.2, 0) is 12.8 Å². The zero-order valence-electron chi connectivity index (χ0n) is 13.9. The molecule has 0 spiro atoms. The number of halogens is 1. The molecule has 1 aromatic heterocycles. The zero-order valence-corrected chi connectivity index (χ0v) is 14.7. The van der Waals surface area contributed by atoms with Gasteiger partial charge in [0.15, 0.2) is 5.78 Å². The Morgan fingerprint density at radius 3 is 2.62 bits per heavy atom. The molecule has 1 heterocycles. The largest absolute Gasteiger partial charge is 0.358 e. The molecule has 2 aromatic carbocycles. The van der Waals surface area contributed by atoms with Gasteiger partial charge in [0.05, 0.1) is 0 Å². The van der Waals surface area contributed by atoms with E-state index in [-0.39, 0.29) is 5.78 Å². The van der Waals surface area contributed by atoms with Crippen molar-refractivity contribution in [3.8, 4) is 0 Å². The van der Waals surface area contributed by atoms with Crippen molar-refractivity contribution in [1.82, 2.24) is 4.98 Å². The third-order valence-corrected chi connectivity index (χ3v) is 4.67. The van der Waals surface area contributed by atoms with Gasteiger partial charge in [-0.1, -0.05) is 55.3 Å². The number of aryl methyl sites for hydroxylation is 2. The molecular weight excluding hydrogens is 318 g/mol. The molecule has 3 heteroatoms. The quantitative estimate of drug-likeness (QED) is 0.528. The molecule has 3 rings (SSSR count). The predicted molar refractivity (Wildman–Crippen MR) is 101 cm³/mol. The van der Waals surface area contributed by atoms with Gasteiger partial charge in [-0.2, -0.15) is 0 Å². The summed E-state index contributed by atoms with van der Waals surface area (Å²) in [4.78, 5) is 16.0. The molecule has 0 fully saturated rings. The fraction of sp³-hybridized carbons (Fsp3) is 0.286. The van der Waals surface area contributed by atoms with E-state index in [1.54, 1.807) is 0 Å². The van der Waals surface area contributed by atoms with E-state index in [4.69, 9.17) is 11.6 Å². The second-order valence-electron chi connectivity index (χ2n) is 6.16. The number of Topliss-reactive ketones (excluding diaryl/α,β-unsaturated/α-hetero) is 1. The number of hydrogen-bond donors (Lipinski definition) is 1. The Kier molecular flexibility index (Phi) is 5.37. The standard InChI is InChI=1S/C21H22ClNO/c1-2-3-9-19-17(18-14-16(22)10-12-20(18)23-19)11-13-21(24)15-7-5-4-6-8-15/h4-8,10,12,14,23H,2-3,9,11,13H2,1H3. The number of aromatic amines is 1. The van der Waals surface area contributed by atoms with Crippen LogP contribution in [0, 0.1) is 0 Å². The highest BCUT2D eigenvalue weighted by molar-refractivity contribution is 6.31. The van der Waals surface area contributed by atoms with Crippen LogP contribution in [-0.4, -0.2) is 10.8 Å². The lowest BCUT2D eigenvalue weighted by Crippen LogP contribution is -2.02. The molecule has 1 N–H and O–H groups in total. The topological polar surface area (TPSA) is 32.9 Å². The Morgan fingerprint density at radius 2 is 1.88 bits per heavy atom. The molecule has 0 bridgehead atoms. The van der Waals surface area contributed by atoms with Crippen molar-refractivity contribution >= 4 is 28.3 Å². The fourth-order valence-corrected chi connectivity index (χ4v) is 3.31. The summed E-state index contributed by atoms with van der Waals surface area (Å²) < 4.78 is 0. The normalized spacial score (nSPS) is 11.1. The van der Waals surface area contributed by atoms with Gasteiger partial charge in [-0.05, 0) is 43.0 Å². The van der Waals surface area contributed by atoms with E-state index >= 15 is 0 Å². The van der Waals surface area contributed by atoms with Gasteiger partial charge < -0.3 is 4.98 Å². The smallest absolute Gasteiger partial charge is 0.163 e. The number of nitrogens with one attached hydrogen (secondary N) is 1. The Bertz CT molecular complexity index is 836. The second-order valence-corrected chi connectivity index (χ2v) is 6.60. The van der Waals surface area contributed by atoms with E-state index in [0.29, 0.717) is 6.42 Å². The first kappa shape index (κ1) is 16.8. The Labute approximate surface area is 147 Å². The molecule has 0 unspecified atom stereocenters. The van der Waals surface area contributed by atoms with Crippen molar-refractivity contribution in [2.75, 3.05) is 0 Å². The summed E-state index contributed by atoms with van der Waals surface area (Å²) in [6.45, 7) is 2.19. The van der Waals surface area contributed by atoms with E-state index in [9.17, 15) is 4.79 Å². The molecule has 0 atom stereocenters. The minimum absolute atomic E-state index is 0.188. The molecule has 0 saturated heterocycles. The highest BCUT2D eigenvalue weighted by atomic mass is 35.5. The minimum Gasteiger partial charge on any atom is -0.358 e. The van der Waals surface area contributed by atoms with Crippen LogP contribution in [0.2, 0.25) is 5.02 Å². The summed E-state index contributed by atoms with van der Waals surface area (Å²) in [5.74, 6) is 0.188. The van der Waals surface area contributed by atoms with Gasteiger partial charge in [-0.15, -0.1) is 0 Å². The Hall–Kier alpha value is -2.06. The summed E-state index contributed by atoms with van der Waals surface area (Å²) in [5.41, 5.74) is 4.37. The van der Waals surface area contributed by atoms with Crippen LogP contribution in [0.5, 0.6) is 0 Å². The van der Waals surface area contributed by atoms with E-state index in [2.05, 4.69) is 11.9 Å². The molecule has 0 aliphatic heterocycles. The lowest BCUT2D eigenvalue weighted by atomic mass is 9.99. The molecule has 3 aromatic rings. The number of fused-ring (bicyclic) bond motifs is 1. The molecular formula is C21H22ClNO. The van der Waals surface area contributed by atoms with E-state index < -0.39 is 0 Å². The second kappa shape index (κ2) is 7.67. The molecule has 24 heavy (non-hydrogen) atoms. The van der Waals surface area contributed by atoms with Gasteiger partial charge in [0, 0.05) is 33.6 Å². The number of hydrogen-bond acceptors (Lipinski definition) is 1. The van der Waals surface area contributed by atoms with Crippen LogP contribution in [0.1, 0.15) is 47.8 Å². The SMILES string of the molecule is CCCCc1[nH]c2ccc(Cl)cc2c1CCC(=O)c1ccccc1. The zero-order chi connectivity index (χ0) is 16.9. The summed E-state index contributed by atoms with van der Waals surface area (Å²) in [6, 6.07) is 15.4. The highest BCUT2D eigenvalue weighted by Crippen LogP contribution is 2.28. The average molecular weight is 340 g/mol. The lowest BCUT2D eigenvalue weighted by Gasteiger charge is -2.05. The number of carbonyl (C=O) groups is 1. The third kappa shape index (κ3) is 3.70. The molecule has 124 valence electrons. The number of rotatable bonds is 7. The van der Waals surface area contributed by atoms with Gasteiger partial charge in [0.1, 0.15) is 0 Å². The van der Waals surface area contributed by atoms with Gasteiger partial charge in [-0.25, -0.2) is 0 Å². The monoisotopic (exact) mass is 339 g/mol. The first-order valence-corrected chi connectivity index (χ1v) is 8.94. The molecule has 0 radical (unpaired) electrons. The van der Waals surface area contributed by atoms with Gasteiger partial charge >= 0.3 is 0 Å². The summed E-state index contributed by atoms with van der Waals surface area (Å²) in [6.07, 6.45) is 4.56. The first-order chi connectivity index (χ1) is 11.7. The number of aromatic nitrogens is 1. The average Bonchev–Trinajstić information content (AvgIpc) is 2.95. The Balaban J connectivity index is 1.86. The van der Waals surface area contributed by atoms with Gasteiger partial charge in [0.2, 0.25) is 0 Å². The molecule has 0 saturated carbocycles. The third-order valence-electron chi connectivity index (χ3n) is 4.43.